The molecule has 0 bridgehead atoms. The van der Waals surface area contributed by atoms with Crippen molar-refractivity contribution in [1.82, 2.24) is 4.98 Å². The molecule has 88 valence electrons. The normalized spacial score (nSPS) is 13.2. The van der Waals surface area contributed by atoms with Crippen LogP contribution in [0, 0.1) is 6.92 Å². The van der Waals surface area contributed by atoms with Crippen molar-refractivity contribution in [2.45, 2.75) is 19.1 Å². The van der Waals surface area contributed by atoms with Gasteiger partial charge in [0, 0.05) is 12.5 Å². The number of nitrogens with zero attached hydrogens (tertiary/aromatic N) is 1. The first-order chi connectivity index (χ1) is 7.30. The first-order valence-electron chi connectivity index (χ1n) is 4.73. The van der Waals surface area contributed by atoms with Crippen LogP contribution in [-0.4, -0.2) is 30.8 Å². The predicted octanol–water partition coefficient (Wildman–Crippen LogP) is 0.762. The Labute approximate surface area is 94.8 Å². The molecule has 1 aromatic rings. The Bertz CT molecular complexity index is 497. The highest BCUT2D eigenvalue weighted by atomic mass is 32.2. The highest BCUT2D eigenvalue weighted by Gasteiger charge is 2.23. The van der Waals surface area contributed by atoms with Crippen molar-refractivity contribution in [1.29, 1.82) is 0 Å². The van der Waals surface area contributed by atoms with Crippen molar-refractivity contribution in [2.24, 2.45) is 0 Å². The minimum absolute atomic E-state index is 0.362. The molecule has 1 atom stereocenters. The van der Waals surface area contributed by atoms with Crippen molar-refractivity contribution in [2.75, 3.05) is 11.6 Å². The van der Waals surface area contributed by atoms with Gasteiger partial charge in [-0.3, -0.25) is 4.79 Å². The van der Waals surface area contributed by atoms with Crippen LogP contribution in [0.3, 0.4) is 0 Å². The lowest BCUT2D eigenvalue weighted by molar-refractivity contribution is -0.115. The van der Waals surface area contributed by atoms with E-state index >= 15 is 0 Å². The van der Waals surface area contributed by atoms with Gasteiger partial charge >= 0.3 is 0 Å². The lowest BCUT2D eigenvalue weighted by Gasteiger charge is -2.09. The molecule has 6 heteroatoms. The molecule has 1 aromatic heterocycles. The van der Waals surface area contributed by atoms with E-state index in [2.05, 4.69) is 10.3 Å². The number of nitrogens with one attached hydrogen (secondary N) is 1. The Morgan fingerprint density at radius 2 is 2.12 bits per heavy atom. The molecule has 1 rings (SSSR count). The van der Waals surface area contributed by atoms with Gasteiger partial charge in [-0.2, -0.15) is 0 Å². The number of aromatic nitrogens is 1. The van der Waals surface area contributed by atoms with Gasteiger partial charge in [-0.25, -0.2) is 13.4 Å². The van der Waals surface area contributed by atoms with Crippen LogP contribution in [0.25, 0.3) is 0 Å². The summed E-state index contributed by atoms with van der Waals surface area (Å²) >= 11 is 0. The number of rotatable bonds is 3. The zero-order valence-electron chi connectivity index (χ0n) is 9.39. The molecule has 1 unspecified atom stereocenters. The molecule has 0 saturated heterocycles. The summed E-state index contributed by atoms with van der Waals surface area (Å²) in [5, 5.41) is 1.39. The number of hydrogen-bond donors (Lipinski definition) is 1. The van der Waals surface area contributed by atoms with Crippen molar-refractivity contribution < 1.29 is 13.2 Å². The van der Waals surface area contributed by atoms with Crippen LogP contribution in [-0.2, 0) is 14.6 Å². The summed E-state index contributed by atoms with van der Waals surface area (Å²) in [6.45, 7) is 3.21. The van der Waals surface area contributed by atoms with Crippen LogP contribution in [0.2, 0.25) is 0 Å². The zero-order chi connectivity index (χ0) is 12.3. The second-order valence-electron chi connectivity index (χ2n) is 3.68. The average Bonchev–Trinajstić information content (AvgIpc) is 2.15. The number of anilines is 1. The molecule has 0 aliphatic heterocycles. The number of pyridine rings is 1. The predicted molar refractivity (Wildman–Crippen MR) is 61.9 cm³/mol. The minimum Gasteiger partial charge on any atom is -0.310 e. The molecule has 1 N–H and O–H groups in total. The maximum Gasteiger partial charge on any atom is 0.243 e. The zero-order valence-corrected chi connectivity index (χ0v) is 10.2. The fourth-order valence-corrected chi connectivity index (χ4v) is 1.47. The SMILES string of the molecule is Cc1ccnc(NC(=O)C(C)S(C)(=O)=O)c1. The van der Waals surface area contributed by atoms with Gasteiger partial charge in [-0.05, 0) is 31.5 Å². The van der Waals surface area contributed by atoms with Gasteiger partial charge < -0.3 is 5.32 Å². The number of amides is 1. The Hall–Kier alpha value is -1.43. The monoisotopic (exact) mass is 242 g/mol. The smallest absolute Gasteiger partial charge is 0.243 e. The molecular weight excluding hydrogens is 228 g/mol. The number of carbonyl (C=O) groups excluding carboxylic acids is 1. The summed E-state index contributed by atoms with van der Waals surface area (Å²) in [5.41, 5.74) is 0.942. The average molecular weight is 242 g/mol. The summed E-state index contributed by atoms with van der Waals surface area (Å²) in [6.07, 6.45) is 2.58. The van der Waals surface area contributed by atoms with Crippen LogP contribution in [0.15, 0.2) is 18.3 Å². The Kier molecular flexibility index (Phi) is 3.64. The molecular formula is C10H14N2O3S. The fraction of sp³-hybridized carbons (Fsp3) is 0.400. The highest BCUT2D eigenvalue weighted by Crippen LogP contribution is 2.07. The first kappa shape index (κ1) is 12.6. The number of aryl methyl sites for hydroxylation is 1. The molecule has 0 aliphatic rings. The van der Waals surface area contributed by atoms with E-state index in [1.165, 1.54) is 6.92 Å². The summed E-state index contributed by atoms with van der Waals surface area (Å²) in [5.74, 6) is -0.207. The summed E-state index contributed by atoms with van der Waals surface area (Å²) < 4.78 is 22.3. The van der Waals surface area contributed by atoms with Crippen LogP contribution in [0.4, 0.5) is 5.82 Å². The van der Waals surface area contributed by atoms with Gasteiger partial charge in [-0.1, -0.05) is 0 Å². The Balaban J connectivity index is 2.80. The molecule has 5 nitrogen and oxygen atoms in total. The maximum absolute atomic E-state index is 11.5. The molecule has 0 fully saturated rings. The summed E-state index contributed by atoms with van der Waals surface area (Å²) in [7, 11) is -3.37. The van der Waals surface area contributed by atoms with E-state index in [0.717, 1.165) is 11.8 Å². The molecule has 1 heterocycles. The third-order valence-electron chi connectivity index (χ3n) is 2.18. The topological polar surface area (TPSA) is 76.1 Å². The van der Waals surface area contributed by atoms with E-state index in [1.54, 1.807) is 18.3 Å². The third-order valence-corrected chi connectivity index (χ3v) is 3.68. The van der Waals surface area contributed by atoms with E-state index in [4.69, 9.17) is 0 Å². The Morgan fingerprint density at radius 1 is 1.50 bits per heavy atom. The van der Waals surface area contributed by atoms with Crippen molar-refractivity contribution in [3.63, 3.8) is 0 Å². The fourth-order valence-electron chi connectivity index (χ4n) is 1.03. The largest absolute Gasteiger partial charge is 0.310 e. The number of sulfone groups is 1. The van der Waals surface area contributed by atoms with Crippen LogP contribution >= 0.6 is 0 Å². The van der Waals surface area contributed by atoms with Crippen LogP contribution in [0.1, 0.15) is 12.5 Å². The minimum atomic E-state index is -3.37. The number of carbonyl (C=O) groups is 1. The molecule has 16 heavy (non-hydrogen) atoms. The van der Waals surface area contributed by atoms with E-state index < -0.39 is 21.0 Å². The molecule has 0 radical (unpaired) electrons. The summed E-state index contributed by atoms with van der Waals surface area (Å²) in [6, 6.07) is 3.46. The molecule has 0 aromatic carbocycles. The van der Waals surface area contributed by atoms with Crippen molar-refractivity contribution >= 4 is 21.6 Å². The van der Waals surface area contributed by atoms with Gasteiger partial charge in [0.15, 0.2) is 9.84 Å². The van der Waals surface area contributed by atoms with Gasteiger partial charge in [0.1, 0.15) is 11.1 Å². The van der Waals surface area contributed by atoms with Crippen LogP contribution < -0.4 is 5.32 Å². The molecule has 0 aliphatic carbocycles. The van der Waals surface area contributed by atoms with E-state index in [-0.39, 0.29) is 0 Å². The lowest BCUT2D eigenvalue weighted by atomic mass is 10.3. The maximum atomic E-state index is 11.5. The van der Waals surface area contributed by atoms with E-state index in [1.807, 2.05) is 6.92 Å². The summed E-state index contributed by atoms with van der Waals surface area (Å²) in [4.78, 5) is 15.5. The van der Waals surface area contributed by atoms with Crippen molar-refractivity contribution in [3.05, 3.63) is 23.9 Å². The Morgan fingerprint density at radius 3 is 2.62 bits per heavy atom. The molecule has 0 spiro atoms. The third kappa shape index (κ3) is 3.30. The number of hydrogen-bond acceptors (Lipinski definition) is 4. The van der Waals surface area contributed by atoms with Gasteiger partial charge in [0.25, 0.3) is 0 Å². The molecule has 0 saturated carbocycles. The van der Waals surface area contributed by atoms with E-state index in [9.17, 15) is 13.2 Å². The quantitative estimate of drug-likeness (QED) is 0.849. The highest BCUT2D eigenvalue weighted by molar-refractivity contribution is 7.92. The second-order valence-corrected chi connectivity index (χ2v) is 6.05. The lowest BCUT2D eigenvalue weighted by Crippen LogP contribution is -2.32. The molecule has 1 amide bonds. The first-order valence-corrected chi connectivity index (χ1v) is 6.68. The second kappa shape index (κ2) is 4.61. The van der Waals surface area contributed by atoms with Gasteiger partial charge in [0.2, 0.25) is 5.91 Å². The van der Waals surface area contributed by atoms with Crippen molar-refractivity contribution in [3.8, 4) is 0 Å². The van der Waals surface area contributed by atoms with E-state index in [0.29, 0.717) is 5.82 Å². The standard InChI is InChI=1S/C10H14N2O3S/c1-7-4-5-11-9(6-7)12-10(13)8(2)16(3,14)15/h4-6,8H,1-3H3,(H,11,12,13). The van der Waals surface area contributed by atoms with Gasteiger partial charge in [0.05, 0.1) is 0 Å². The van der Waals surface area contributed by atoms with Gasteiger partial charge in [-0.15, -0.1) is 0 Å². The van der Waals surface area contributed by atoms with Crippen LogP contribution in [0.5, 0.6) is 0 Å².